The summed E-state index contributed by atoms with van der Waals surface area (Å²) in [6.45, 7) is 12.1. The second-order valence-corrected chi connectivity index (χ2v) is 5.85. The van der Waals surface area contributed by atoms with Crippen molar-refractivity contribution in [3.63, 3.8) is 0 Å². The van der Waals surface area contributed by atoms with E-state index in [-0.39, 0.29) is 0 Å². The van der Waals surface area contributed by atoms with Crippen LogP contribution in [0.2, 0.25) is 0 Å². The van der Waals surface area contributed by atoms with Crippen LogP contribution in [0.3, 0.4) is 0 Å². The first kappa shape index (κ1) is 13.5. The molecule has 3 heteroatoms. The molecule has 1 heterocycles. The van der Waals surface area contributed by atoms with E-state index in [1.807, 2.05) is 6.20 Å². The van der Waals surface area contributed by atoms with E-state index in [1.165, 1.54) is 5.56 Å². The number of nitrogens with zero attached hydrogens (tertiary/aromatic N) is 2. The van der Waals surface area contributed by atoms with Crippen molar-refractivity contribution in [1.29, 1.82) is 0 Å². The average Bonchev–Trinajstić information content (AvgIpc) is 2.14. The van der Waals surface area contributed by atoms with Gasteiger partial charge in [-0.15, -0.1) is 0 Å². The van der Waals surface area contributed by atoms with Gasteiger partial charge in [0.05, 0.1) is 0 Å². The highest BCUT2D eigenvalue weighted by atomic mass is 79.9. The number of pyridine rings is 1. The molecule has 0 aliphatic rings. The molecule has 16 heavy (non-hydrogen) atoms. The standard InChI is InChI=1S/C13H21BrN2/c1-9(2)8-16(10(3)4)13-11(5)6-12(14)7-15-13/h6-7,9-10H,8H2,1-5H3. The molecule has 0 aromatic carbocycles. The van der Waals surface area contributed by atoms with Gasteiger partial charge in [0.1, 0.15) is 5.82 Å². The van der Waals surface area contributed by atoms with Crippen LogP contribution in [-0.4, -0.2) is 17.6 Å². The maximum Gasteiger partial charge on any atom is 0.131 e. The van der Waals surface area contributed by atoms with Crippen LogP contribution >= 0.6 is 15.9 Å². The highest BCUT2D eigenvalue weighted by Crippen LogP contribution is 2.23. The van der Waals surface area contributed by atoms with Crippen molar-refractivity contribution in [2.75, 3.05) is 11.4 Å². The molecule has 0 unspecified atom stereocenters. The average molecular weight is 285 g/mol. The first-order chi connectivity index (χ1) is 7.41. The van der Waals surface area contributed by atoms with E-state index in [9.17, 15) is 0 Å². The van der Waals surface area contributed by atoms with Gasteiger partial charge in [-0.05, 0) is 54.2 Å². The van der Waals surface area contributed by atoms with Gasteiger partial charge < -0.3 is 4.90 Å². The number of hydrogen-bond donors (Lipinski definition) is 0. The fourth-order valence-corrected chi connectivity index (χ4v) is 2.21. The number of aryl methyl sites for hydroxylation is 1. The molecule has 0 amide bonds. The summed E-state index contributed by atoms with van der Waals surface area (Å²) in [6, 6.07) is 2.60. The molecule has 0 spiro atoms. The molecule has 0 atom stereocenters. The van der Waals surface area contributed by atoms with E-state index in [2.05, 4.69) is 66.5 Å². The smallest absolute Gasteiger partial charge is 0.131 e. The van der Waals surface area contributed by atoms with Gasteiger partial charge in [0.25, 0.3) is 0 Å². The molecule has 0 bridgehead atoms. The molecule has 1 aromatic rings. The normalized spacial score (nSPS) is 11.2. The lowest BCUT2D eigenvalue weighted by Gasteiger charge is -2.30. The number of rotatable bonds is 4. The monoisotopic (exact) mass is 284 g/mol. The quantitative estimate of drug-likeness (QED) is 0.830. The Bertz CT molecular complexity index is 348. The van der Waals surface area contributed by atoms with E-state index < -0.39 is 0 Å². The highest BCUT2D eigenvalue weighted by Gasteiger charge is 2.15. The summed E-state index contributed by atoms with van der Waals surface area (Å²) < 4.78 is 1.04. The third kappa shape index (κ3) is 3.48. The molecule has 0 saturated carbocycles. The van der Waals surface area contributed by atoms with Crippen LogP contribution in [0.5, 0.6) is 0 Å². The lowest BCUT2D eigenvalue weighted by molar-refractivity contribution is 0.565. The van der Waals surface area contributed by atoms with Gasteiger partial charge in [0.2, 0.25) is 0 Å². The Kier molecular flexibility index (Phi) is 4.78. The maximum absolute atomic E-state index is 4.53. The molecule has 0 saturated heterocycles. The van der Waals surface area contributed by atoms with Gasteiger partial charge in [0.15, 0.2) is 0 Å². The summed E-state index contributed by atoms with van der Waals surface area (Å²) in [7, 11) is 0. The zero-order valence-electron chi connectivity index (χ0n) is 10.8. The number of anilines is 1. The van der Waals surface area contributed by atoms with Crippen molar-refractivity contribution < 1.29 is 0 Å². The third-order valence-corrected chi connectivity index (χ3v) is 2.91. The Morgan fingerprint density at radius 1 is 1.31 bits per heavy atom. The molecule has 0 fully saturated rings. The Hall–Kier alpha value is -0.570. The molecular weight excluding hydrogens is 264 g/mol. The summed E-state index contributed by atoms with van der Waals surface area (Å²) in [5.74, 6) is 1.75. The first-order valence-electron chi connectivity index (χ1n) is 5.80. The van der Waals surface area contributed by atoms with Crippen molar-refractivity contribution in [2.24, 2.45) is 5.92 Å². The van der Waals surface area contributed by atoms with E-state index in [4.69, 9.17) is 0 Å². The molecule has 1 aromatic heterocycles. The minimum atomic E-state index is 0.481. The van der Waals surface area contributed by atoms with Gasteiger partial charge >= 0.3 is 0 Å². The summed E-state index contributed by atoms with van der Waals surface area (Å²) in [6.07, 6.45) is 1.87. The van der Waals surface area contributed by atoms with Crippen molar-refractivity contribution in [3.8, 4) is 0 Å². The highest BCUT2D eigenvalue weighted by molar-refractivity contribution is 9.10. The molecule has 0 radical (unpaired) electrons. The van der Waals surface area contributed by atoms with Crippen LogP contribution < -0.4 is 4.90 Å². The molecule has 0 aliphatic carbocycles. The van der Waals surface area contributed by atoms with Crippen LogP contribution in [-0.2, 0) is 0 Å². The summed E-state index contributed by atoms with van der Waals surface area (Å²) in [5, 5.41) is 0. The first-order valence-corrected chi connectivity index (χ1v) is 6.60. The van der Waals surface area contributed by atoms with Crippen molar-refractivity contribution in [3.05, 3.63) is 22.3 Å². The zero-order chi connectivity index (χ0) is 12.3. The van der Waals surface area contributed by atoms with Crippen molar-refractivity contribution >= 4 is 21.7 Å². The van der Waals surface area contributed by atoms with Crippen LogP contribution in [0, 0.1) is 12.8 Å². The number of hydrogen-bond acceptors (Lipinski definition) is 2. The summed E-state index contributed by atoms with van der Waals surface area (Å²) in [4.78, 5) is 6.90. The van der Waals surface area contributed by atoms with Gasteiger partial charge in [-0.3, -0.25) is 0 Å². The molecular formula is C13H21BrN2. The van der Waals surface area contributed by atoms with Crippen molar-refractivity contribution in [2.45, 2.75) is 40.7 Å². The van der Waals surface area contributed by atoms with Gasteiger partial charge in [-0.25, -0.2) is 4.98 Å². The van der Waals surface area contributed by atoms with Gasteiger partial charge in [-0.1, -0.05) is 13.8 Å². The minimum Gasteiger partial charge on any atom is -0.354 e. The predicted octanol–water partition coefficient (Wildman–Crippen LogP) is 4.02. The number of halogens is 1. The van der Waals surface area contributed by atoms with Crippen molar-refractivity contribution in [1.82, 2.24) is 4.98 Å². The fraction of sp³-hybridized carbons (Fsp3) is 0.615. The molecule has 2 nitrogen and oxygen atoms in total. The second kappa shape index (κ2) is 5.67. The van der Waals surface area contributed by atoms with Gasteiger partial charge in [-0.2, -0.15) is 0 Å². The molecule has 0 aliphatic heterocycles. The predicted molar refractivity (Wildman–Crippen MR) is 74.0 cm³/mol. The Morgan fingerprint density at radius 2 is 1.94 bits per heavy atom. The van der Waals surface area contributed by atoms with Crippen LogP contribution in [0.4, 0.5) is 5.82 Å². The lowest BCUT2D eigenvalue weighted by atomic mass is 10.1. The summed E-state index contributed by atoms with van der Waals surface area (Å²) >= 11 is 3.45. The Balaban J connectivity index is 3.01. The molecule has 90 valence electrons. The number of aromatic nitrogens is 1. The van der Waals surface area contributed by atoms with Crippen LogP contribution in [0.15, 0.2) is 16.7 Å². The second-order valence-electron chi connectivity index (χ2n) is 4.93. The third-order valence-electron chi connectivity index (χ3n) is 2.47. The fourth-order valence-electron chi connectivity index (χ4n) is 1.77. The summed E-state index contributed by atoms with van der Waals surface area (Å²) in [5.41, 5.74) is 1.23. The topological polar surface area (TPSA) is 16.1 Å². The lowest BCUT2D eigenvalue weighted by Crippen LogP contribution is -2.35. The SMILES string of the molecule is Cc1cc(Br)cnc1N(CC(C)C)C(C)C. The van der Waals surface area contributed by atoms with Crippen LogP contribution in [0.1, 0.15) is 33.3 Å². The zero-order valence-corrected chi connectivity index (χ0v) is 12.4. The van der Waals surface area contributed by atoms with E-state index >= 15 is 0 Å². The molecule has 0 N–H and O–H groups in total. The van der Waals surface area contributed by atoms with Gasteiger partial charge in [0, 0.05) is 23.3 Å². The van der Waals surface area contributed by atoms with E-state index in [0.717, 1.165) is 16.8 Å². The largest absolute Gasteiger partial charge is 0.354 e. The molecule has 1 rings (SSSR count). The van der Waals surface area contributed by atoms with Crippen LogP contribution in [0.25, 0.3) is 0 Å². The van der Waals surface area contributed by atoms with E-state index in [0.29, 0.717) is 12.0 Å². The minimum absolute atomic E-state index is 0.481. The Labute approximate surface area is 107 Å². The Morgan fingerprint density at radius 3 is 2.38 bits per heavy atom. The maximum atomic E-state index is 4.53. The van der Waals surface area contributed by atoms with E-state index in [1.54, 1.807) is 0 Å².